The highest BCUT2D eigenvalue weighted by atomic mass is 32.2. The maximum absolute atomic E-state index is 5.11. The molecule has 2 aromatic rings. The summed E-state index contributed by atoms with van der Waals surface area (Å²) in [6.45, 7) is 6.29. The van der Waals surface area contributed by atoms with E-state index >= 15 is 0 Å². The van der Waals surface area contributed by atoms with Gasteiger partial charge in [0.2, 0.25) is 0 Å². The van der Waals surface area contributed by atoms with Crippen LogP contribution in [-0.2, 0) is 12.8 Å². The first-order valence-corrected chi connectivity index (χ1v) is 12.3. The van der Waals surface area contributed by atoms with E-state index in [1.54, 1.807) is 11.8 Å². The Morgan fingerprint density at radius 3 is 1.71 bits per heavy atom. The average Bonchev–Trinajstić information content (AvgIpc) is 2.78. The lowest BCUT2D eigenvalue weighted by atomic mass is 10.1. The minimum absolute atomic E-state index is 0. The Kier molecular flexibility index (Phi) is 22.4. The molecule has 0 bridgehead atoms. The summed E-state index contributed by atoms with van der Waals surface area (Å²) in [5.41, 5.74) is 2.87. The van der Waals surface area contributed by atoms with Gasteiger partial charge < -0.3 is 10.6 Å². The lowest BCUT2D eigenvalue weighted by Crippen LogP contribution is -2.14. The number of rotatable bonds is 7. The Morgan fingerprint density at radius 2 is 1.32 bits per heavy atom. The van der Waals surface area contributed by atoms with E-state index in [1.165, 1.54) is 30.4 Å². The third-order valence-electron chi connectivity index (χ3n) is 4.21. The van der Waals surface area contributed by atoms with Crippen LogP contribution >= 0.6 is 36.2 Å². The van der Waals surface area contributed by atoms with Crippen LogP contribution in [0.15, 0.2) is 60.7 Å². The molecule has 1 unspecified atom stereocenters. The van der Waals surface area contributed by atoms with E-state index < -0.39 is 0 Å². The first-order valence-electron chi connectivity index (χ1n) is 10.6. The van der Waals surface area contributed by atoms with E-state index in [2.05, 4.69) is 97.4 Å². The van der Waals surface area contributed by atoms with E-state index in [1.807, 2.05) is 21.0 Å². The molecule has 31 heavy (non-hydrogen) atoms. The monoisotopic (exact) mass is 473 g/mol. The number of benzene rings is 2. The quantitative estimate of drug-likeness (QED) is 0.356. The van der Waals surface area contributed by atoms with Gasteiger partial charge in [-0.3, -0.25) is 0 Å². The summed E-state index contributed by atoms with van der Waals surface area (Å²) in [6, 6.07) is 21.2. The normalized spacial score (nSPS) is 10.1. The van der Waals surface area contributed by atoms with Crippen molar-refractivity contribution in [3.05, 3.63) is 71.8 Å². The number of nitrogens with one attached hydrogen (secondary N) is 2. The van der Waals surface area contributed by atoms with Gasteiger partial charge in [-0.15, -0.1) is 0 Å². The second-order valence-corrected chi connectivity index (χ2v) is 9.61. The fourth-order valence-corrected chi connectivity index (χ4v) is 3.55. The van der Waals surface area contributed by atoms with Gasteiger partial charge in [-0.2, -0.15) is 0 Å². The fraction of sp³-hybridized carbons (Fsp3) is 0.440. The van der Waals surface area contributed by atoms with E-state index in [9.17, 15) is 0 Å². The van der Waals surface area contributed by atoms with E-state index in [0.717, 1.165) is 22.2 Å². The van der Waals surface area contributed by atoms with Gasteiger partial charge in [0.1, 0.15) is 4.32 Å². The van der Waals surface area contributed by atoms with Crippen molar-refractivity contribution in [3.63, 3.8) is 0 Å². The molecule has 0 spiro atoms. The van der Waals surface area contributed by atoms with Crippen LogP contribution in [0.5, 0.6) is 0 Å². The standard InChI is InChI=1S/C12H17NS2.C10H14.C3H7NS.B/c1-10(15-12(14)13-2)8-9-11-6-4-3-5-7-11;1-2-3-7-10-8-5-4-6-9-10;1-3(5)4-2;/h3-7,10H,8-9H2,1-2H3,(H,13,14);4-6,8-9H,2-3,7H2,1H3;1-2H3,(H,4,5);. The summed E-state index contributed by atoms with van der Waals surface area (Å²) in [5, 5.41) is 6.32. The average molecular weight is 474 g/mol. The second-order valence-electron chi connectivity index (χ2n) is 6.89. The third kappa shape index (κ3) is 20.3. The van der Waals surface area contributed by atoms with Crippen LogP contribution in [-0.4, -0.2) is 37.1 Å². The number of unbranched alkanes of at least 4 members (excludes halogenated alkanes) is 1. The van der Waals surface area contributed by atoms with Crippen molar-refractivity contribution in [2.45, 2.75) is 58.1 Å². The van der Waals surface area contributed by atoms with Crippen LogP contribution < -0.4 is 10.6 Å². The zero-order valence-electron chi connectivity index (χ0n) is 19.7. The molecule has 0 aliphatic rings. The van der Waals surface area contributed by atoms with Crippen LogP contribution in [0.25, 0.3) is 0 Å². The summed E-state index contributed by atoms with van der Waals surface area (Å²) in [5.74, 6) is 0. The Morgan fingerprint density at radius 1 is 0.871 bits per heavy atom. The van der Waals surface area contributed by atoms with Crippen molar-refractivity contribution in [3.8, 4) is 0 Å². The Bertz CT molecular complexity index is 682. The van der Waals surface area contributed by atoms with Gasteiger partial charge in [0, 0.05) is 27.8 Å². The second kappa shape index (κ2) is 21.9. The minimum Gasteiger partial charge on any atom is -0.383 e. The van der Waals surface area contributed by atoms with Gasteiger partial charge in [0.25, 0.3) is 0 Å². The van der Waals surface area contributed by atoms with Gasteiger partial charge >= 0.3 is 0 Å². The number of thioether (sulfide) groups is 1. The summed E-state index contributed by atoms with van der Waals surface area (Å²) in [6.07, 6.45) is 6.12. The van der Waals surface area contributed by atoms with Gasteiger partial charge in [-0.1, -0.05) is 117 Å². The summed E-state index contributed by atoms with van der Waals surface area (Å²) < 4.78 is 0.885. The number of thiocarbonyl (C=S) groups is 2. The van der Waals surface area contributed by atoms with Crippen molar-refractivity contribution in [2.24, 2.45) is 0 Å². The molecule has 0 saturated carbocycles. The van der Waals surface area contributed by atoms with Gasteiger partial charge in [0.05, 0.1) is 4.99 Å². The van der Waals surface area contributed by atoms with Crippen LogP contribution in [0, 0.1) is 0 Å². The Hall–Kier alpha value is -1.37. The number of aryl methyl sites for hydroxylation is 2. The summed E-state index contributed by atoms with van der Waals surface area (Å²) >= 11 is 11.4. The van der Waals surface area contributed by atoms with E-state index in [-0.39, 0.29) is 8.41 Å². The zero-order chi connectivity index (χ0) is 22.6. The van der Waals surface area contributed by atoms with E-state index in [0.29, 0.717) is 5.25 Å². The smallest absolute Gasteiger partial charge is 0.133 e. The van der Waals surface area contributed by atoms with Crippen molar-refractivity contribution in [2.75, 3.05) is 14.1 Å². The highest BCUT2D eigenvalue weighted by molar-refractivity contribution is 8.23. The highest BCUT2D eigenvalue weighted by Crippen LogP contribution is 2.17. The van der Waals surface area contributed by atoms with Crippen molar-refractivity contribution in [1.29, 1.82) is 0 Å². The van der Waals surface area contributed by atoms with Gasteiger partial charge in [-0.25, -0.2) is 0 Å². The topological polar surface area (TPSA) is 24.1 Å². The predicted octanol–water partition coefficient (Wildman–Crippen LogP) is 6.45. The molecule has 1 atom stereocenters. The first kappa shape index (κ1) is 31.8. The Balaban J connectivity index is 0. The maximum atomic E-state index is 5.11. The molecule has 0 heterocycles. The summed E-state index contributed by atoms with van der Waals surface area (Å²) in [4.78, 5) is 0.838. The van der Waals surface area contributed by atoms with Crippen molar-refractivity contribution >= 4 is 53.9 Å². The molecular formula is C25H38BN2S3. The lowest BCUT2D eigenvalue weighted by molar-refractivity contribution is 0.795. The SMILES string of the molecule is CCCCc1ccccc1.CNC(=S)SC(C)CCc1ccccc1.CNC(C)=S.[B]. The van der Waals surface area contributed by atoms with E-state index in [4.69, 9.17) is 12.2 Å². The molecule has 2 N–H and O–H groups in total. The van der Waals surface area contributed by atoms with Crippen molar-refractivity contribution < 1.29 is 0 Å². The third-order valence-corrected chi connectivity index (χ3v) is 5.96. The molecule has 0 saturated heterocycles. The highest BCUT2D eigenvalue weighted by Gasteiger charge is 2.05. The molecule has 2 nitrogen and oxygen atoms in total. The van der Waals surface area contributed by atoms with Crippen molar-refractivity contribution in [1.82, 2.24) is 10.6 Å². The molecule has 6 heteroatoms. The molecule has 0 fully saturated rings. The largest absolute Gasteiger partial charge is 0.383 e. The van der Waals surface area contributed by atoms with Gasteiger partial charge in [0.15, 0.2) is 0 Å². The molecule has 169 valence electrons. The van der Waals surface area contributed by atoms with Crippen LogP contribution in [0.4, 0.5) is 0 Å². The molecule has 0 aliphatic heterocycles. The first-order chi connectivity index (χ1) is 14.4. The summed E-state index contributed by atoms with van der Waals surface area (Å²) in [7, 11) is 3.68. The minimum atomic E-state index is 0. The lowest BCUT2D eigenvalue weighted by Gasteiger charge is -2.11. The molecule has 0 aromatic heterocycles. The van der Waals surface area contributed by atoms with Gasteiger partial charge in [-0.05, 0) is 43.7 Å². The van der Waals surface area contributed by atoms with Crippen LogP contribution in [0.2, 0.25) is 0 Å². The predicted molar refractivity (Wildman–Crippen MR) is 152 cm³/mol. The number of hydrogen-bond donors (Lipinski definition) is 2. The maximum Gasteiger partial charge on any atom is 0.133 e. The molecule has 0 aliphatic carbocycles. The zero-order valence-corrected chi connectivity index (χ0v) is 22.1. The fourth-order valence-electron chi connectivity index (χ4n) is 2.34. The Labute approximate surface area is 208 Å². The molecular weight excluding hydrogens is 435 g/mol. The molecule has 2 rings (SSSR count). The number of hydrogen-bond acceptors (Lipinski definition) is 3. The van der Waals surface area contributed by atoms with Crippen LogP contribution in [0.3, 0.4) is 0 Å². The van der Waals surface area contributed by atoms with Crippen LogP contribution in [0.1, 0.15) is 51.2 Å². The molecule has 2 aromatic carbocycles. The molecule has 0 amide bonds. The molecule has 3 radical (unpaired) electrons.